The summed E-state index contributed by atoms with van der Waals surface area (Å²) in [5.41, 5.74) is 5.40. The summed E-state index contributed by atoms with van der Waals surface area (Å²) in [5.74, 6) is 1.21. The van der Waals surface area contributed by atoms with E-state index in [9.17, 15) is 15.0 Å². The van der Waals surface area contributed by atoms with E-state index in [-0.39, 0.29) is 42.9 Å². The molecule has 40 heavy (non-hydrogen) atoms. The number of benzene rings is 3. The van der Waals surface area contributed by atoms with Crippen molar-refractivity contribution in [2.24, 2.45) is 5.92 Å². The number of nitrogens with zero attached hydrogens (tertiary/aromatic N) is 2. The fourth-order valence-electron chi connectivity index (χ4n) is 4.71. The van der Waals surface area contributed by atoms with E-state index < -0.39 is 6.29 Å². The molecule has 4 atom stereocenters. The summed E-state index contributed by atoms with van der Waals surface area (Å²) in [6.45, 7) is 2.59. The summed E-state index contributed by atoms with van der Waals surface area (Å²) >= 11 is 1.66. The molecule has 1 aromatic heterocycles. The topological polar surface area (TPSA) is 114 Å². The number of rotatable bonds is 10. The van der Waals surface area contributed by atoms with E-state index in [1.165, 1.54) is 6.20 Å². The largest absolute Gasteiger partial charge is 0.396 e. The van der Waals surface area contributed by atoms with Crippen LogP contribution in [0.15, 0.2) is 79.0 Å². The second kappa shape index (κ2) is 13.3. The molecule has 3 aromatic carbocycles. The predicted molar refractivity (Wildman–Crippen MR) is 155 cm³/mol. The number of amides is 1. The van der Waals surface area contributed by atoms with Gasteiger partial charge in [0, 0.05) is 29.5 Å². The van der Waals surface area contributed by atoms with Gasteiger partial charge in [0.25, 0.3) is 5.91 Å². The molecule has 1 saturated heterocycles. The van der Waals surface area contributed by atoms with Gasteiger partial charge in [0.05, 0.1) is 42.7 Å². The standard InChI is InChI=1S/C31H33N3O5S/c1-20-28(19-40-15-14-35)38-31(39-29(20)23-10-8-22(18-36)9-11-23)24-12-6-21(7-13-24)16-33-30(37)27-17-32-25-4-2-3-5-26(25)34-27/h2-13,17,20,28-29,31,35-36H,14-16,18-19H2,1H3,(H,33,37). The number of aromatic nitrogens is 2. The zero-order valence-electron chi connectivity index (χ0n) is 22.3. The van der Waals surface area contributed by atoms with Gasteiger partial charge in [-0.2, -0.15) is 11.8 Å². The van der Waals surface area contributed by atoms with Crippen molar-refractivity contribution in [1.82, 2.24) is 15.3 Å². The van der Waals surface area contributed by atoms with E-state index in [2.05, 4.69) is 22.2 Å². The van der Waals surface area contributed by atoms with Crippen LogP contribution in [0.3, 0.4) is 0 Å². The third-order valence-electron chi connectivity index (χ3n) is 7.03. The first kappa shape index (κ1) is 28.2. The van der Waals surface area contributed by atoms with Crippen molar-refractivity contribution in [2.75, 3.05) is 18.1 Å². The molecule has 0 saturated carbocycles. The Labute approximate surface area is 237 Å². The molecule has 0 bridgehead atoms. The first-order valence-corrected chi connectivity index (χ1v) is 14.5. The Morgan fingerprint density at radius 2 is 1.62 bits per heavy atom. The van der Waals surface area contributed by atoms with E-state index in [0.717, 1.165) is 33.5 Å². The summed E-state index contributed by atoms with van der Waals surface area (Å²) in [5, 5.41) is 21.6. The Kier molecular flexibility index (Phi) is 9.41. The van der Waals surface area contributed by atoms with Crippen LogP contribution in [0.1, 0.15) is 52.1 Å². The van der Waals surface area contributed by atoms with Crippen LogP contribution in [0, 0.1) is 5.92 Å². The molecule has 3 N–H and O–H groups in total. The Bertz CT molecular complexity index is 1420. The average Bonchev–Trinajstić information content (AvgIpc) is 3.01. The lowest BCUT2D eigenvalue weighted by Crippen LogP contribution is -2.38. The molecule has 0 aliphatic carbocycles. The lowest BCUT2D eigenvalue weighted by molar-refractivity contribution is -0.268. The lowest BCUT2D eigenvalue weighted by atomic mass is 9.91. The number of aliphatic hydroxyl groups is 2. The number of hydrogen-bond acceptors (Lipinski definition) is 8. The van der Waals surface area contributed by atoms with Crippen LogP contribution in [-0.4, -0.2) is 50.3 Å². The Hall–Kier alpha value is -3.34. The summed E-state index contributed by atoms with van der Waals surface area (Å²) in [6.07, 6.45) is 0.672. The minimum Gasteiger partial charge on any atom is -0.396 e. The van der Waals surface area contributed by atoms with Crippen molar-refractivity contribution in [1.29, 1.82) is 0 Å². The van der Waals surface area contributed by atoms with Crippen molar-refractivity contribution < 1.29 is 24.5 Å². The first-order valence-electron chi connectivity index (χ1n) is 13.3. The summed E-state index contributed by atoms with van der Waals surface area (Å²) in [6, 6.07) is 23.1. The highest BCUT2D eigenvalue weighted by molar-refractivity contribution is 7.99. The molecule has 0 spiro atoms. The van der Waals surface area contributed by atoms with Crippen molar-refractivity contribution in [2.45, 2.75) is 38.6 Å². The maximum absolute atomic E-state index is 12.7. The van der Waals surface area contributed by atoms with Gasteiger partial charge in [-0.3, -0.25) is 9.78 Å². The smallest absolute Gasteiger partial charge is 0.271 e. The van der Waals surface area contributed by atoms with E-state index in [1.807, 2.05) is 72.8 Å². The number of aliphatic hydroxyl groups excluding tert-OH is 2. The van der Waals surface area contributed by atoms with Crippen LogP contribution < -0.4 is 5.32 Å². The third kappa shape index (κ3) is 6.68. The van der Waals surface area contributed by atoms with Gasteiger partial charge < -0.3 is 25.0 Å². The minimum absolute atomic E-state index is 0.00399. The summed E-state index contributed by atoms with van der Waals surface area (Å²) in [7, 11) is 0. The number of para-hydroxylation sites is 2. The second-order valence-electron chi connectivity index (χ2n) is 9.79. The van der Waals surface area contributed by atoms with Crippen LogP contribution in [-0.2, 0) is 22.6 Å². The molecule has 4 unspecified atom stereocenters. The van der Waals surface area contributed by atoms with Crippen LogP contribution >= 0.6 is 11.8 Å². The Morgan fingerprint density at radius 3 is 2.35 bits per heavy atom. The molecule has 4 aromatic rings. The lowest BCUT2D eigenvalue weighted by Gasteiger charge is -2.41. The SMILES string of the molecule is CC1C(CSCCO)OC(c2ccc(CNC(=O)c3cnc4ccccc4n3)cc2)OC1c1ccc(CO)cc1. The molecule has 1 fully saturated rings. The fourth-order valence-corrected chi connectivity index (χ4v) is 5.62. The van der Waals surface area contributed by atoms with Gasteiger partial charge >= 0.3 is 0 Å². The van der Waals surface area contributed by atoms with Crippen molar-refractivity contribution in [3.8, 4) is 0 Å². The summed E-state index contributed by atoms with van der Waals surface area (Å²) in [4.78, 5) is 21.4. The summed E-state index contributed by atoms with van der Waals surface area (Å²) < 4.78 is 12.9. The minimum atomic E-state index is -0.560. The first-order chi connectivity index (χ1) is 19.6. The highest BCUT2D eigenvalue weighted by atomic mass is 32.2. The average molecular weight is 560 g/mol. The van der Waals surface area contributed by atoms with Gasteiger partial charge in [0.2, 0.25) is 0 Å². The number of hydrogen-bond donors (Lipinski definition) is 3. The van der Waals surface area contributed by atoms with Gasteiger partial charge in [-0.15, -0.1) is 0 Å². The van der Waals surface area contributed by atoms with Crippen molar-refractivity contribution >= 4 is 28.7 Å². The molecule has 9 heteroatoms. The van der Waals surface area contributed by atoms with E-state index in [1.54, 1.807) is 11.8 Å². The maximum Gasteiger partial charge on any atom is 0.271 e. The number of ether oxygens (including phenoxy) is 2. The maximum atomic E-state index is 12.7. The molecule has 1 aliphatic rings. The monoisotopic (exact) mass is 559 g/mol. The van der Waals surface area contributed by atoms with Crippen LogP contribution in [0.5, 0.6) is 0 Å². The quantitative estimate of drug-likeness (QED) is 0.242. The van der Waals surface area contributed by atoms with E-state index >= 15 is 0 Å². The van der Waals surface area contributed by atoms with Crippen molar-refractivity contribution in [3.05, 3.63) is 107 Å². The number of thioether (sulfide) groups is 1. The highest BCUT2D eigenvalue weighted by Gasteiger charge is 2.38. The molecular formula is C31H33N3O5S. The number of nitrogens with one attached hydrogen (secondary N) is 1. The van der Waals surface area contributed by atoms with Gasteiger partial charge in [0.1, 0.15) is 5.69 Å². The van der Waals surface area contributed by atoms with E-state index in [0.29, 0.717) is 17.8 Å². The van der Waals surface area contributed by atoms with E-state index in [4.69, 9.17) is 9.47 Å². The number of carbonyl (C=O) groups is 1. The Morgan fingerprint density at radius 1 is 0.925 bits per heavy atom. The highest BCUT2D eigenvalue weighted by Crippen LogP contribution is 2.42. The molecule has 208 valence electrons. The molecule has 5 rings (SSSR count). The Balaban J connectivity index is 1.26. The zero-order valence-corrected chi connectivity index (χ0v) is 23.1. The molecule has 2 heterocycles. The van der Waals surface area contributed by atoms with Gasteiger partial charge in [-0.05, 0) is 28.8 Å². The number of carbonyl (C=O) groups excluding carboxylic acids is 1. The zero-order chi connectivity index (χ0) is 27.9. The molecule has 8 nitrogen and oxygen atoms in total. The normalized spacial score (nSPS) is 20.9. The number of fused-ring (bicyclic) bond motifs is 1. The molecular weight excluding hydrogens is 526 g/mol. The predicted octanol–water partition coefficient (Wildman–Crippen LogP) is 4.57. The van der Waals surface area contributed by atoms with Gasteiger partial charge in [-0.1, -0.05) is 67.6 Å². The molecule has 1 amide bonds. The molecule has 1 aliphatic heterocycles. The van der Waals surface area contributed by atoms with Gasteiger partial charge in [-0.25, -0.2) is 4.98 Å². The second-order valence-corrected chi connectivity index (χ2v) is 10.9. The molecule has 0 radical (unpaired) electrons. The van der Waals surface area contributed by atoms with Crippen LogP contribution in [0.2, 0.25) is 0 Å². The third-order valence-corrected chi connectivity index (χ3v) is 8.06. The van der Waals surface area contributed by atoms with Crippen LogP contribution in [0.4, 0.5) is 0 Å². The van der Waals surface area contributed by atoms with Gasteiger partial charge in [0.15, 0.2) is 6.29 Å². The van der Waals surface area contributed by atoms with Crippen LogP contribution in [0.25, 0.3) is 11.0 Å². The van der Waals surface area contributed by atoms with Crippen molar-refractivity contribution in [3.63, 3.8) is 0 Å². The fraction of sp³-hybridized carbons (Fsp3) is 0.323.